The highest BCUT2D eigenvalue weighted by Crippen LogP contribution is 2.28. The van der Waals surface area contributed by atoms with Gasteiger partial charge in [0.2, 0.25) is 10.0 Å². The Morgan fingerprint density at radius 1 is 1.04 bits per heavy atom. The van der Waals surface area contributed by atoms with Crippen LogP contribution in [0.25, 0.3) is 0 Å². The second-order valence-electron chi connectivity index (χ2n) is 7.02. The monoisotopic (exact) mass is 374 g/mol. The van der Waals surface area contributed by atoms with Crippen molar-refractivity contribution in [2.45, 2.75) is 37.5 Å². The zero-order chi connectivity index (χ0) is 19.4. The smallest absolute Gasteiger partial charge is 0.243 e. The van der Waals surface area contributed by atoms with Crippen LogP contribution in [0.15, 0.2) is 59.5 Å². The Labute approximate surface area is 155 Å². The maximum Gasteiger partial charge on any atom is 0.243 e. The van der Waals surface area contributed by atoms with Crippen LogP contribution < -0.4 is 5.11 Å². The van der Waals surface area contributed by atoms with Crippen molar-refractivity contribution in [3.63, 3.8) is 0 Å². The van der Waals surface area contributed by atoms with Gasteiger partial charge >= 0.3 is 0 Å². The molecule has 0 saturated carbocycles. The fourth-order valence-electron chi connectivity index (χ4n) is 2.73. The maximum absolute atomic E-state index is 12.9. The van der Waals surface area contributed by atoms with Gasteiger partial charge in [0.1, 0.15) is 0 Å². The summed E-state index contributed by atoms with van der Waals surface area (Å²) in [5, 5.41) is 11.1. The first-order valence-corrected chi connectivity index (χ1v) is 9.89. The van der Waals surface area contributed by atoms with E-state index in [9.17, 15) is 18.3 Å². The van der Waals surface area contributed by atoms with E-state index in [0.717, 1.165) is 15.4 Å². The fourth-order valence-corrected chi connectivity index (χ4v) is 4.11. The van der Waals surface area contributed by atoms with Gasteiger partial charge in [-0.2, -0.15) is 4.31 Å². The third-order valence-electron chi connectivity index (χ3n) is 4.51. The Kier molecular flexibility index (Phi) is 6.21. The summed E-state index contributed by atoms with van der Waals surface area (Å²) >= 11 is 0. The lowest BCUT2D eigenvalue weighted by Gasteiger charge is -2.30. The van der Waals surface area contributed by atoms with Gasteiger partial charge in [-0.1, -0.05) is 61.9 Å². The number of carboxylic acid groups (broad SMARTS) is 1. The van der Waals surface area contributed by atoms with Gasteiger partial charge in [-0.25, -0.2) is 8.42 Å². The average Bonchev–Trinajstić information content (AvgIpc) is 2.59. The van der Waals surface area contributed by atoms with Gasteiger partial charge in [0.05, 0.1) is 17.4 Å². The van der Waals surface area contributed by atoms with Crippen molar-refractivity contribution in [2.75, 3.05) is 13.1 Å². The van der Waals surface area contributed by atoms with Gasteiger partial charge in [-0.05, 0) is 36.5 Å². The van der Waals surface area contributed by atoms with Gasteiger partial charge < -0.3 is 9.90 Å². The molecule has 2 aromatic carbocycles. The standard InChI is InChI=1S/C20H25NO4S/c1-16-9-11-18(12-10-16)26(24,25)21(15-19(22)23)14-13-20(2,3)17-7-5-4-6-8-17/h4-12H,13-15H2,1-3H3,(H,22,23)/p-1. The molecule has 0 aromatic heterocycles. The van der Waals surface area contributed by atoms with Crippen molar-refractivity contribution in [3.05, 3.63) is 65.7 Å². The van der Waals surface area contributed by atoms with Crippen molar-refractivity contribution in [1.29, 1.82) is 0 Å². The van der Waals surface area contributed by atoms with E-state index in [2.05, 4.69) is 0 Å². The van der Waals surface area contributed by atoms with Crippen LogP contribution in [0.1, 0.15) is 31.4 Å². The van der Waals surface area contributed by atoms with Crippen molar-refractivity contribution in [1.82, 2.24) is 4.31 Å². The highest BCUT2D eigenvalue weighted by molar-refractivity contribution is 7.89. The molecular weight excluding hydrogens is 350 g/mol. The van der Waals surface area contributed by atoms with E-state index in [1.807, 2.05) is 51.1 Å². The molecule has 0 N–H and O–H groups in total. The zero-order valence-corrected chi connectivity index (χ0v) is 16.1. The van der Waals surface area contributed by atoms with E-state index in [4.69, 9.17) is 0 Å². The molecule has 6 heteroatoms. The molecular formula is C20H24NO4S-. The van der Waals surface area contributed by atoms with Crippen molar-refractivity contribution in [2.24, 2.45) is 0 Å². The summed E-state index contributed by atoms with van der Waals surface area (Å²) in [7, 11) is -3.91. The second kappa shape index (κ2) is 8.01. The lowest BCUT2D eigenvalue weighted by molar-refractivity contribution is -0.305. The summed E-state index contributed by atoms with van der Waals surface area (Å²) in [6, 6.07) is 16.1. The van der Waals surface area contributed by atoms with Crippen LogP contribution >= 0.6 is 0 Å². The molecule has 0 unspecified atom stereocenters. The van der Waals surface area contributed by atoms with Crippen LogP contribution in [0.5, 0.6) is 0 Å². The number of carboxylic acids is 1. The number of hydrogen-bond acceptors (Lipinski definition) is 4. The third-order valence-corrected chi connectivity index (χ3v) is 6.37. The zero-order valence-electron chi connectivity index (χ0n) is 15.3. The molecule has 0 aliphatic rings. The minimum Gasteiger partial charge on any atom is -0.549 e. The number of carbonyl (C=O) groups excluding carboxylic acids is 1. The second-order valence-corrected chi connectivity index (χ2v) is 8.96. The molecule has 5 nitrogen and oxygen atoms in total. The van der Waals surface area contributed by atoms with Gasteiger partial charge in [-0.15, -0.1) is 0 Å². The first kappa shape index (κ1) is 20.1. The minimum atomic E-state index is -3.91. The van der Waals surface area contributed by atoms with Crippen molar-refractivity contribution >= 4 is 16.0 Å². The molecule has 2 aromatic rings. The topological polar surface area (TPSA) is 77.5 Å². The largest absolute Gasteiger partial charge is 0.549 e. The molecule has 0 atom stereocenters. The molecule has 0 bridgehead atoms. The summed E-state index contributed by atoms with van der Waals surface area (Å²) in [6.07, 6.45) is 0.482. The third kappa shape index (κ3) is 4.93. The molecule has 0 saturated heterocycles. The number of aryl methyl sites for hydroxylation is 1. The SMILES string of the molecule is Cc1ccc(S(=O)(=O)N(CCC(C)(C)c2ccccc2)CC(=O)[O-])cc1. The molecule has 0 radical (unpaired) electrons. The number of aliphatic carboxylic acids is 1. The summed E-state index contributed by atoms with van der Waals surface area (Å²) in [5.41, 5.74) is 1.70. The molecule has 0 heterocycles. The average molecular weight is 374 g/mol. The van der Waals surface area contributed by atoms with Gasteiger partial charge in [0.25, 0.3) is 0 Å². The molecule has 2 rings (SSSR count). The Bertz CT molecular complexity index is 843. The van der Waals surface area contributed by atoms with Gasteiger partial charge in [0.15, 0.2) is 0 Å². The number of benzene rings is 2. The lowest BCUT2D eigenvalue weighted by atomic mass is 9.81. The molecule has 0 aliphatic carbocycles. The summed E-state index contributed by atoms with van der Waals surface area (Å²) < 4.78 is 26.7. The van der Waals surface area contributed by atoms with E-state index in [-0.39, 0.29) is 16.9 Å². The molecule has 0 spiro atoms. The number of sulfonamides is 1. The Morgan fingerprint density at radius 3 is 2.15 bits per heavy atom. The number of hydrogen-bond donors (Lipinski definition) is 0. The molecule has 140 valence electrons. The van der Waals surface area contributed by atoms with E-state index >= 15 is 0 Å². The summed E-state index contributed by atoms with van der Waals surface area (Å²) in [5.74, 6) is -1.42. The van der Waals surface area contributed by atoms with Crippen LogP contribution in [0.4, 0.5) is 0 Å². The van der Waals surface area contributed by atoms with Crippen molar-refractivity contribution in [3.8, 4) is 0 Å². The molecule has 26 heavy (non-hydrogen) atoms. The Balaban J connectivity index is 2.24. The maximum atomic E-state index is 12.9. The highest BCUT2D eigenvalue weighted by Gasteiger charge is 2.28. The van der Waals surface area contributed by atoms with Crippen LogP contribution in [0.3, 0.4) is 0 Å². The quantitative estimate of drug-likeness (QED) is 0.709. The Morgan fingerprint density at radius 2 is 1.62 bits per heavy atom. The van der Waals surface area contributed by atoms with Crippen LogP contribution in [-0.2, 0) is 20.2 Å². The minimum absolute atomic E-state index is 0.0851. The predicted molar refractivity (Wildman–Crippen MR) is 99.0 cm³/mol. The van der Waals surface area contributed by atoms with Gasteiger partial charge in [-0.3, -0.25) is 0 Å². The van der Waals surface area contributed by atoms with Crippen LogP contribution in [-0.4, -0.2) is 31.8 Å². The molecule has 0 fully saturated rings. The van der Waals surface area contributed by atoms with E-state index in [1.54, 1.807) is 12.1 Å². The summed E-state index contributed by atoms with van der Waals surface area (Å²) in [6.45, 7) is 5.31. The lowest BCUT2D eigenvalue weighted by Crippen LogP contribution is -2.43. The number of carbonyl (C=O) groups is 1. The van der Waals surface area contributed by atoms with Crippen LogP contribution in [0.2, 0.25) is 0 Å². The van der Waals surface area contributed by atoms with E-state index in [1.165, 1.54) is 12.1 Å². The predicted octanol–water partition coefficient (Wildman–Crippen LogP) is 2.10. The Hall–Kier alpha value is -2.18. The van der Waals surface area contributed by atoms with Crippen LogP contribution in [0, 0.1) is 6.92 Å². The number of nitrogens with zero attached hydrogens (tertiary/aromatic N) is 1. The first-order valence-electron chi connectivity index (χ1n) is 8.45. The first-order chi connectivity index (χ1) is 12.1. The van der Waals surface area contributed by atoms with Crippen molar-refractivity contribution < 1.29 is 18.3 Å². The normalized spacial score (nSPS) is 12.3. The fraction of sp³-hybridized carbons (Fsp3) is 0.350. The van der Waals surface area contributed by atoms with E-state index in [0.29, 0.717) is 6.42 Å². The number of rotatable bonds is 8. The molecule has 0 amide bonds. The summed E-state index contributed by atoms with van der Waals surface area (Å²) in [4.78, 5) is 11.2. The van der Waals surface area contributed by atoms with Gasteiger partial charge in [0, 0.05) is 6.54 Å². The van der Waals surface area contributed by atoms with E-state index < -0.39 is 22.5 Å². The molecule has 0 aliphatic heterocycles. The highest BCUT2D eigenvalue weighted by atomic mass is 32.2.